The van der Waals surface area contributed by atoms with Crippen LogP contribution in [0.1, 0.15) is 5.56 Å². The van der Waals surface area contributed by atoms with Crippen molar-refractivity contribution in [2.24, 2.45) is 0 Å². The minimum atomic E-state index is -4.54. The van der Waals surface area contributed by atoms with Crippen molar-refractivity contribution in [2.45, 2.75) is 11.1 Å². The first-order valence-electron chi connectivity index (χ1n) is 5.60. The number of aromatic nitrogens is 1. The molecule has 2 heterocycles. The number of nitrogens with one attached hydrogen (secondary N) is 2. The summed E-state index contributed by atoms with van der Waals surface area (Å²) in [6.45, 7) is 0.716. The Morgan fingerprint density at radius 1 is 1.21 bits per heavy atom. The summed E-state index contributed by atoms with van der Waals surface area (Å²) in [6, 6.07) is 3.65. The van der Waals surface area contributed by atoms with Gasteiger partial charge in [0.1, 0.15) is 0 Å². The molecule has 0 amide bonds. The van der Waals surface area contributed by atoms with Gasteiger partial charge in [-0.1, -0.05) is 0 Å². The summed E-state index contributed by atoms with van der Waals surface area (Å²) in [5, 5.41) is 3.08. The lowest BCUT2D eigenvalue weighted by atomic mass is 10.1. The molecule has 1 aromatic heterocycles. The summed E-state index contributed by atoms with van der Waals surface area (Å²) in [7, 11) is 0. The number of aromatic amines is 1. The number of rotatable bonds is 0. The van der Waals surface area contributed by atoms with Crippen LogP contribution in [0.3, 0.4) is 0 Å². The molecule has 0 aliphatic carbocycles. The van der Waals surface area contributed by atoms with E-state index >= 15 is 0 Å². The highest BCUT2D eigenvalue weighted by Crippen LogP contribution is 2.38. The van der Waals surface area contributed by atoms with E-state index < -0.39 is 17.3 Å². The molecule has 19 heavy (non-hydrogen) atoms. The molecule has 7 heteroatoms. The van der Waals surface area contributed by atoms with Gasteiger partial charge in [0, 0.05) is 34.3 Å². The van der Waals surface area contributed by atoms with E-state index in [2.05, 4.69) is 10.3 Å². The summed E-state index contributed by atoms with van der Waals surface area (Å²) in [6.07, 6.45) is -4.54. The zero-order chi connectivity index (χ0) is 13.6. The third-order valence-corrected chi connectivity index (χ3v) is 3.98. The Hall–Kier alpha value is -1.63. The Balaban J connectivity index is 2.35. The van der Waals surface area contributed by atoms with Gasteiger partial charge in [-0.15, -0.1) is 11.8 Å². The van der Waals surface area contributed by atoms with Gasteiger partial charge in [0.05, 0.1) is 11.1 Å². The Labute approximate surface area is 110 Å². The highest BCUT2D eigenvalue weighted by Gasteiger charge is 2.33. The van der Waals surface area contributed by atoms with Crippen molar-refractivity contribution in [1.29, 1.82) is 0 Å². The maximum Gasteiger partial charge on any atom is 0.417 e. The van der Waals surface area contributed by atoms with Crippen LogP contribution in [0, 0.1) is 0 Å². The lowest BCUT2D eigenvalue weighted by molar-refractivity contribution is -0.136. The van der Waals surface area contributed by atoms with Gasteiger partial charge in [0.25, 0.3) is 0 Å². The van der Waals surface area contributed by atoms with Gasteiger partial charge in [-0.3, -0.25) is 4.79 Å². The zero-order valence-corrected chi connectivity index (χ0v) is 10.4. The lowest BCUT2D eigenvalue weighted by Crippen LogP contribution is -2.15. The van der Waals surface area contributed by atoms with Gasteiger partial charge in [-0.2, -0.15) is 13.2 Å². The molecular formula is C12H9F3N2OS. The van der Waals surface area contributed by atoms with Crippen LogP contribution in [-0.4, -0.2) is 17.3 Å². The summed E-state index contributed by atoms with van der Waals surface area (Å²) in [5.74, 6) is 0.849. The first-order chi connectivity index (χ1) is 8.95. The van der Waals surface area contributed by atoms with Crippen LogP contribution < -0.4 is 10.9 Å². The number of anilines is 1. The van der Waals surface area contributed by atoms with E-state index in [0.717, 1.165) is 10.6 Å². The second-order valence-electron chi connectivity index (χ2n) is 4.21. The fourth-order valence-electron chi connectivity index (χ4n) is 2.12. The fraction of sp³-hybridized carbons (Fsp3) is 0.250. The highest BCUT2D eigenvalue weighted by atomic mass is 32.2. The largest absolute Gasteiger partial charge is 0.417 e. The van der Waals surface area contributed by atoms with E-state index in [1.807, 2.05) is 0 Å². The number of fused-ring (bicyclic) bond motifs is 2. The van der Waals surface area contributed by atoms with E-state index in [0.29, 0.717) is 18.3 Å². The monoisotopic (exact) mass is 286 g/mol. The van der Waals surface area contributed by atoms with Gasteiger partial charge in [0.2, 0.25) is 5.56 Å². The number of thioether (sulfide) groups is 1. The third-order valence-electron chi connectivity index (χ3n) is 2.92. The average molecular weight is 286 g/mol. The number of halogens is 3. The van der Waals surface area contributed by atoms with Crippen LogP contribution in [0.4, 0.5) is 18.9 Å². The van der Waals surface area contributed by atoms with Crippen molar-refractivity contribution in [3.05, 3.63) is 34.1 Å². The van der Waals surface area contributed by atoms with Crippen LogP contribution in [-0.2, 0) is 6.18 Å². The van der Waals surface area contributed by atoms with Crippen molar-refractivity contribution in [2.75, 3.05) is 17.6 Å². The summed E-state index contributed by atoms with van der Waals surface area (Å²) >= 11 is 1.56. The Morgan fingerprint density at radius 3 is 2.74 bits per heavy atom. The van der Waals surface area contributed by atoms with Crippen LogP contribution in [0.2, 0.25) is 0 Å². The molecule has 3 rings (SSSR count). The van der Waals surface area contributed by atoms with Gasteiger partial charge in [-0.25, -0.2) is 0 Å². The third kappa shape index (κ3) is 2.18. The maximum absolute atomic E-state index is 13.0. The first-order valence-corrected chi connectivity index (χ1v) is 6.59. The quantitative estimate of drug-likeness (QED) is 0.782. The van der Waals surface area contributed by atoms with Gasteiger partial charge in [-0.05, 0) is 12.1 Å². The molecule has 0 saturated heterocycles. The predicted molar refractivity (Wildman–Crippen MR) is 68.8 cm³/mol. The summed E-state index contributed by atoms with van der Waals surface area (Å²) in [5.41, 5.74) is -0.740. The second kappa shape index (κ2) is 4.19. The van der Waals surface area contributed by atoms with Crippen molar-refractivity contribution >= 4 is 28.4 Å². The zero-order valence-electron chi connectivity index (χ0n) is 9.60. The van der Waals surface area contributed by atoms with E-state index in [1.165, 1.54) is 6.07 Å². The second-order valence-corrected chi connectivity index (χ2v) is 5.35. The molecule has 1 aliphatic rings. The minimum absolute atomic E-state index is 0.0147. The predicted octanol–water partition coefficient (Wildman–Crippen LogP) is 3.06. The molecule has 0 radical (unpaired) electrons. The number of hydrogen-bond donors (Lipinski definition) is 2. The molecule has 2 aromatic rings. The van der Waals surface area contributed by atoms with Crippen molar-refractivity contribution in [1.82, 2.24) is 4.98 Å². The molecule has 2 N–H and O–H groups in total. The first kappa shape index (κ1) is 12.4. The van der Waals surface area contributed by atoms with Crippen LogP contribution in [0.15, 0.2) is 27.9 Å². The van der Waals surface area contributed by atoms with Crippen molar-refractivity contribution in [3.8, 4) is 0 Å². The van der Waals surface area contributed by atoms with E-state index in [-0.39, 0.29) is 10.9 Å². The van der Waals surface area contributed by atoms with Gasteiger partial charge < -0.3 is 10.3 Å². The average Bonchev–Trinajstić information content (AvgIpc) is 2.34. The summed E-state index contributed by atoms with van der Waals surface area (Å²) < 4.78 is 38.9. The van der Waals surface area contributed by atoms with Crippen molar-refractivity contribution < 1.29 is 13.2 Å². The van der Waals surface area contributed by atoms with E-state index in [9.17, 15) is 18.0 Å². The maximum atomic E-state index is 13.0. The molecule has 0 saturated carbocycles. The summed E-state index contributed by atoms with van der Waals surface area (Å²) in [4.78, 5) is 14.7. The Morgan fingerprint density at radius 2 is 2.00 bits per heavy atom. The topological polar surface area (TPSA) is 44.9 Å². The van der Waals surface area contributed by atoms with Crippen LogP contribution in [0.25, 0.3) is 10.9 Å². The van der Waals surface area contributed by atoms with E-state index in [1.54, 1.807) is 17.8 Å². The standard InChI is InChI=1S/C12H9F3N2OS/c13-12(14,15)7-4-11(18)17-8-5-10-9(3-6(7)8)16-1-2-19-10/h3-5,16H,1-2H2,(H,17,18). The molecule has 0 bridgehead atoms. The van der Waals surface area contributed by atoms with Crippen LogP contribution >= 0.6 is 11.8 Å². The molecule has 1 aliphatic heterocycles. The molecule has 0 fully saturated rings. The van der Waals surface area contributed by atoms with Gasteiger partial charge >= 0.3 is 6.18 Å². The van der Waals surface area contributed by atoms with Crippen molar-refractivity contribution in [3.63, 3.8) is 0 Å². The molecule has 0 atom stereocenters. The number of hydrogen-bond acceptors (Lipinski definition) is 3. The molecular weight excluding hydrogens is 277 g/mol. The number of pyridine rings is 1. The highest BCUT2D eigenvalue weighted by molar-refractivity contribution is 7.99. The van der Waals surface area contributed by atoms with Crippen LogP contribution in [0.5, 0.6) is 0 Å². The smallest absolute Gasteiger partial charge is 0.383 e. The van der Waals surface area contributed by atoms with Gasteiger partial charge in [0.15, 0.2) is 0 Å². The number of alkyl halides is 3. The molecule has 100 valence electrons. The minimum Gasteiger partial charge on any atom is -0.383 e. The Bertz CT molecular complexity index is 708. The number of benzene rings is 1. The molecule has 0 unspecified atom stereocenters. The molecule has 3 nitrogen and oxygen atoms in total. The SMILES string of the molecule is O=c1cc(C(F)(F)F)c2cc3c(cc2[nH]1)SCCN3. The molecule has 0 spiro atoms. The normalized spacial score (nSPS) is 15.1. The lowest BCUT2D eigenvalue weighted by Gasteiger charge is -2.19. The number of H-pyrrole nitrogens is 1. The molecule has 1 aromatic carbocycles. The Kier molecular flexibility index (Phi) is 2.74. The fourth-order valence-corrected chi connectivity index (χ4v) is 3.03. The van der Waals surface area contributed by atoms with E-state index in [4.69, 9.17) is 0 Å².